The molecule has 2 unspecified atom stereocenters. The highest BCUT2D eigenvalue weighted by Crippen LogP contribution is 2.21. The zero-order valence-electron chi connectivity index (χ0n) is 10.7. The van der Waals surface area contributed by atoms with Gasteiger partial charge < -0.3 is 10.2 Å². The lowest BCUT2D eigenvalue weighted by Gasteiger charge is -2.36. The number of anilines is 1. The Bertz CT molecular complexity index is 391. The van der Waals surface area contributed by atoms with Gasteiger partial charge in [-0.1, -0.05) is 13.8 Å². The van der Waals surface area contributed by atoms with Crippen LogP contribution in [0, 0.1) is 11.8 Å². The van der Waals surface area contributed by atoms with Crippen LogP contribution in [0.4, 0.5) is 5.82 Å². The van der Waals surface area contributed by atoms with Crippen molar-refractivity contribution in [1.82, 2.24) is 14.7 Å². The highest BCUT2D eigenvalue weighted by molar-refractivity contribution is 7.80. The van der Waals surface area contributed by atoms with Crippen molar-refractivity contribution in [2.24, 2.45) is 18.9 Å². The van der Waals surface area contributed by atoms with Gasteiger partial charge in [-0.2, -0.15) is 5.10 Å². The Balaban J connectivity index is 1.95. The van der Waals surface area contributed by atoms with Crippen LogP contribution in [0.25, 0.3) is 0 Å². The van der Waals surface area contributed by atoms with Crippen molar-refractivity contribution in [3.8, 4) is 0 Å². The first-order chi connectivity index (χ1) is 8.04. The molecule has 2 atom stereocenters. The minimum absolute atomic E-state index is 0.710. The van der Waals surface area contributed by atoms with E-state index in [1.165, 1.54) is 6.42 Å². The van der Waals surface area contributed by atoms with Gasteiger partial charge in [-0.15, -0.1) is 0 Å². The smallest absolute Gasteiger partial charge is 0.174 e. The lowest BCUT2D eigenvalue weighted by atomic mass is 9.92. The largest absolute Gasteiger partial charge is 0.348 e. The third-order valence-electron chi connectivity index (χ3n) is 3.10. The number of likely N-dealkylation sites (tertiary alicyclic amines) is 1. The zero-order chi connectivity index (χ0) is 12.4. The molecule has 1 N–H and O–H groups in total. The van der Waals surface area contributed by atoms with Gasteiger partial charge in [0.2, 0.25) is 0 Å². The van der Waals surface area contributed by atoms with Gasteiger partial charge in [0.1, 0.15) is 0 Å². The maximum absolute atomic E-state index is 5.44. The van der Waals surface area contributed by atoms with E-state index in [4.69, 9.17) is 12.2 Å². The van der Waals surface area contributed by atoms with E-state index >= 15 is 0 Å². The molecule has 4 nitrogen and oxygen atoms in total. The standard InChI is InChI=1S/C12H20N4S/c1-9-6-10(2)8-16(7-9)12(17)13-11-4-5-15(3)14-11/h4-5,9-10H,6-8H2,1-3H3,(H,13,14,17). The van der Waals surface area contributed by atoms with Crippen molar-refractivity contribution in [3.63, 3.8) is 0 Å². The minimum atomic E-state index is 0.710. The third-order valence-corrected chi connectivity index (χ3v) is 3.46. The van der Waals surface area contributed by atoms with Gasteiger partial charge in [-0.05, 0) is 30.5 Å². The quantitative estimate of drug-likeness (QED) is 0.776. The summed E-state index contributed by atoms with van der Waals surface area (Å²) in [7, 11) is 1.90. The Kier molecular flexibility index (Phi) is 3.66. The summed E-state index contributed by atoms with van der Waals surface area (Å²) in [5.74, 6) is 2.24. The summed E-state index contributed by atoms with van der Waals surface area (Å²) in [5.41, 5.74) is 0. The van der Waals surface area contributed by atoms with E-state index in [0.29, 0.717) is 11.8 Å². The molecule has 1 saturated heterocycles. The van der Waals surface area contributed by atoms with E-state index in [1.807, 2.05) is 19.3 Å². The van der Waals surface area contributed by atoms with Gasteiger partial charge in [0.25, 0.3) is 0 Å². The Labute approximate surface area is 108 Å². The zero-order valence-corrected chi connectivity index (χ0v) is 11.5. The van der Waals surface area contributed by atoms with E-state index in [-0.39, 0.29) is 0 Å². The number of hydrogen-bond acceptors (Lipinski definition) is 2. The second-order valence-corrected chi connectivity index (χ2v) is 5.54. The van der Waals surface area contributed by atoms with Crippen molar-refractivity contribution >= 4 is 23.1 Å². The normalized spacial score (nSPS) is 24.8. The van der Waals surface area contributed by atoms with Gasteiger partial charge in [-0.25, -0.2) is 0 Å². The van der Waals surface area contributed by atoms with Gasteiger partial charge in [0.15, 0.2) is 10.9 Å². The molecule has 0 aliphatic carbocycles. The van der Waals surface area contributed by atoms with Crippen molar-refractivity contribution in [3.05, 3.63) is 12.3 Å². The molecule has 0 saturated carbocycles. The Hall–Kier alpha value is -1.10. The number of thiocarbonyl (C=S) groups is 1. The molecule has 0 spiro atoms. The molecule has 1 aliphatic rings. The van der Waals surface area contributed by atoms with E-state index in [0.717, 1.165) is 24.0 Å². The average Bonchev–Trinajstić information content (AvgIpc) is 2.62. The first-order valence-electron chi connectivity index (χ1n) is 6.10. The van der Waals surface area contributed by atoms with Crippen LogP contribution in [0.15, 0.2) is 12.3 Å². The van der Waals surface area contributed by atoms with Crippen LogP contribution >= 0.6 is 12.2 Å². The predicted molar refractivity (Wildman–Crippen MR) is 73.9 cm³/mol. The van der Waals surface area contributed by atoms with Crippen molar-refractivity contribution in [2.45, 2.75) is 20.3 Å². The van der Waals surface area contributed by atoms with Crippen LogP contribution in [-0.4, -0.2) is 32.9 Å². The van der Waals surface area contributed by atoms with E-state index in [9.17, 15) is 0 Å². The lowest BCUT2D eigenvalue weighted by molar-refractivity contribution is 0.216. The first-order valence-corrected chi connectivity index (χ1v) is 6.51. The maximum Gasteiger partial charge on any atom is 0.174 e. The summed E-state index contributed by atoms with van der Waals surface area (Å²) >= 11 is 5.44. The molecule has 5 heteroatoms. The average molecular weight is 252 g/mol. The number of rotatable bonds is 1. The Morgan fingerprint density at radius 2 is 2.06 bits per heavy atom. The van der Waals surface area contributed by atoms with E-state index in [1.54, 1.807) is 4.68 Å². The molecule has 1 aromatic heterocycles. The first kappa shape index (κ1) is 12.4. The van der Waals surface area contributed by atoms with Gasteiger partial charge in [0, 0.05) is 32.4 Å². The predicted octanol–water partition coefficient (Wildman–Crippen LogP) is 2.09. The summed E-state index contributed by atoms with van der Waals surface area (Å²) in [6, 6.07) is 1.93. The fourth-order valence-corrected chi connectivity index (χ4v) is 2.75. The Morgan fingerprint density at radius 1 is 1.41 bits per heavy atom. The van der Waals surface area contributed by atoms with Gasteiger partial charge in [-0.3, -0.25) is 4.68 Å². The van der Waals surface area contributed by atoms with E-state index in [2.05, 4.69) is 29.2 Å². The number of piperidine rings is 1. The molecule has 2 rings (SSSR count). The molecule has 1 fully saturated rings. The van der Waals surface area contributed by atoms with Crippen LogP contribution < -0.4 is 5.32 Å². The summed E-state index contributed by atoms with van der Waals surface area (Å²) in [6.07, 6.45) is 3.20. The highest BCUT2D eigenvalue weighted by Gasteiger charge is 2.23. The molecule has 1 aromatic rings. The molecule has 2 heterocycles. The maximum atomic E-state index is 5.44. The van der Waals surface area contributed by atoms with Crippen LogP contribution in [0.1, 0.15) is 20.3 Å². The SMILES string of the molecule is CC1CC(C)CN(C(=S)Nc2ccn(C)n2)C1. The highest BCUT2D eigenvalue weighted by atomic mass is 32.1. The van der Waals surface area contributed by atoms with E-state index < -0.39 is 0 Å². The van der Waals surface area contributed by atoms with Crippen LogP contribution in [-0.2, 0) is 7.05 Å². The summed E-state index contributed by atoms with van der Waals surface area (Å²) < 4.78 is 1.77. The van der Waals surface area contributed by atoms with Crippen LogP contribution in [0.5, 0.6) is 0 Å². The molecule has 94 valence electrons. The second-order valence-electron chi connectivity index (χ2n) is 5.16. The third kappa shape index (κ3) is 3.19. The molecular weight excluding hydrogens is 232 g/mol. The summed E-state index contributed by atoms with van der Waals surface area (Å²) in [4.78, 5) is 2.25. The number of nitrogens with zero attached hydrogens (tertiary/aromatic N) is 3. The number of aryl methyl sites for hydroxylation is 1. The van der Waals surface area contributed by atoms with Crippen LogP contribution in [0.3, 0.4) is 0 Å². The van der Waals surface area contributed by atoms with Crippen LogP contribution in [0.2, 0.25) is 0 Å². The molecular formula is C12H20N4S. The minimum Gasteiger partial charge on any atom is -0.348 e. The fourth-order valence-electron chi connectivity index (χ4n) is 2.50. The number of nitrogens with one attached hydrogen (secondary N) is 1. The molecule has 0 amide bonds. The summed E-state index contributed by atoms with van der Waals surface area (Å²) in [5, 5.41) is 8.27. The van der Waals surface area contributed by atoms with Crippen molar-refractivity contribution in [1.29, 1.82) is 0 Å². The topological polar surface area (TPSA) is 33.1 Å². The number of aromatic nitrogens is 2. The Morgan fingerprint density at radius 3 is 2.59 bits per heavy atom. The molecule has 1 aliphatic heterocycles. The summed E-state index contributed by atoms with van der Waals surface area (Å²) in [6.45, 7) is 6.66. The molecule has 0 radical (unpaired) electrons. The lowest BCUT2D eigenvalue weighted by Crippen LogP contribution is -2.44. The van der Waals surface area contributed by atoms with Gasteiger partial charge in [0.05, 0.1) is 0 Å². The fraction of sp³-hybridized carbons (Fsp3) is 0.667. The second kappa shape index (κ2) is 5.04. The molecule has 17 heavy (non-hydrogen) atoms. The van der Waals surface area contributed by atoms with Crippen molar-refractivity contribution in [2.75, 3.05) is 18.4 Å². The molecule has 0 aromatic carbocycles. The molecule has 0 bridgehead atoms. The number of hydrogen-bond donors (Lipinski definition) is 1. The van der Waals surface area contributed by atoms with Gasteiger partial charge >= 0.3 is 0 Å². The van der Waals surface area contributed by atoms with Crippen molar-refractivity contribution < 1.29 is 0 Å². The monoisotopic (exact) mass is 252 g/mol.